The van der Waals surface area contributed by atoms with Gasteiger partial charge >= 0.3 is 0 Å². The summed E-state index contributed by atoms with van der Waals surface area (Å²) in [6.07, 6.45) is 3.99. The summed E-state index contributed by atoms with van der Waals surface area (Å²) in [5.41, 5.74) is 3.08. The van der Waals surface area contributed by atoms with Crippen molar-refractivity contribution < 1.29 is 22.0 Å². The van der Waals surface area contributed by atoms with Gasteiger partial charge in [0.25, 0.3) is 11.8 Å². The number of nitriles is 1. The summed E-state index contributed by atoms with van der Waals surface area (Å²) in [4.78, 5) is 17.7. The Morgan fingerprint density at radius 2 is 1.65 bits per heavy atom. The first-order valence-corrected chi connectivity index (χ1v) is 16.4. The molecule has 0 radical (unpaired) electrons. The number of rotatable bonds is 8. The minimum absolute atomic E-state index is 0.000815. The molecule has 1 saturated carbocycles. The van der Waals surface area contributed by atoms with Gasteiger partial charge in [-0.2, -0.15) is 10.4 Å². The molecule has 0 bridgehead atoms. The third-order valence-electron chi connectivity index (χ3n) is 9.02. The topological polar surface area (TPSA) is 123 Å². The van der Waals surface area contributed by atoms with Crippen molar-refractivity contribution in [3.63, 3.8) is 0 Å². The Hall–Kier alpha value is -3.92. The number of hydrogen-bond acceptors (Lipinski definition) is 7. The number of amides is 1. The van der Waals surface area contributed by atoms with Crippen LogP contribution >= 0.6 is 0 Å². The van der Waals surface area contributed by atoms with Crippen LogP contribution < -0.4 is 19.8 Å². The van der Waals surface area contributed by atoms with Crippen molar-refractivity contribution >= 4 is 49.7 Å². The van der Waals surface area contributed by atoms with E-state index in [1.807, 2.05) is 0 Å². The fourth-order valence-corrected chi connectivity index (χ4v) is 6.73. The summed E-state index contributed by atoms with van der Waals surface area (Å²) < 4.78 is 56.4. The number of halogens is 2. The molecule has 3 heterocycles. The van der Waals surface area contributed by atoms with Gasteiger partial charge in [-0.25, -0.2) is 21.9 Å². The number of piperidine rings is 2. The van der Waals surface area contributed by atoms with Crippen LogP contribution in [0.25, 0.3) is 10.9 Å². The van der Waals surface area contributed by atoms with E-state index in [0.717, 1.165) is 25.9 Å². The zero-order valence-corrected chi connectivity index (χ0v) is 24.9. The number of hydrogen-bond donors (Lipinski definition) is 2. The maximum absolute atomic E-state index is 13.9. The van der Waals surface area contributed by atoms with Crippen molar-refractivity contribution in [2.45, 2.75) is 57.9 Å². The summed E-state index contributed by atoms with van der Waals surface area (Å²) in [7, 11) is -3.50. The van der Waals surface area contributed by atoms with Gasteiger partial charge in [0, 0.05) is 50.1 Å². The molecule has 1 aliphatic carbocycles. The number of sulfonamides is 1. The highest BCUT2D eigenvalue weighted by Crippen LogP contribution is 2.54. The van der Waals surface area contributed by atoms with E-state index in [0.29, 0.717) is 44.8 Å². The lowest BCUT2D eigenvalue weighted by atomic mass is 9.93. The second kappa shape index (κ2) is 11.0. The highest BCUT2D eigenvalue weighted by molar-refractivity contribution is 7.92. The quantitative estimate of drug-likeness (QED) is 0.359. The van der Waals surface area contributed by atoms with Gasteiger partial charge in [-0.05, 0) is 74.4 Å². The van der Waals surface area contributed by atoms with Crippen LogP contribution in [-0.4, -0.2) is 62.0 Å². The highest BCUT2D eigenvalue weighted by atomic mass is 32.2. The predicted molar refractivity (Wildman–Crippen MR) is 162 cm³/mol. The van der Waals surface area contributed by atoms with Gasteiger partial charge in [0.05, 0.1) is 34.3 Å². The summed E-state index contributed by atoms with van der Waals surface area (Å²) in [5.74, 6) is -2.62. The van der Waals surface area contributed by atoms with Crippen molar-refractivity contribution in [1.82, 2.24) is 9.78 Å². The Morgan fingerprint density at radius 1 is 0.977 bits per heavy atom. The molecule has 1 spiro atoms. The zero-order valence-electron chi connectivity index (χ0n) is 24.1. The average molecular weight is 612 g/mol. The van der Waals surface area contributed by atoms with E-state index in [-0.39, 0.29) is 44.1 Å². The van der Waals surface area contributed by atoms with Crippen LogP contribution in [0.1, 0.15) is 55.8 Å². The first-order valence-electron chi connectivity index (χ1n) is 14.7. The smallest absolute Gasteiger partial charge is 0.257 e. The number of anilines is 4. The molecular formula is C30H35F2N7O3S. The molecule has 0 atom stereocenters. The molecule has 2 saturated heterocycles. The lowest BCUT2D eigenvalue weighted by Crippen LogP contribution is -2.39. The average Bonchev–Trinajstić information content (AvgIpc) is 3.64. The molecule has 1 aromatic heterocycles. The van der Waals surface area contributed by atoms with Gasteiger partial charge in [0.2, 0.25) is 10.0 Å². The van der Waals surface area contributed by atoms with Crippen LogP contribution in [0, 0.1) is 16.7 Å². The number of fused-ring (bicyclic) bond motifs is 1. The van der Waals surface area contributed by atoms with Crippen LogP contribution in [0.15, 0.2) is 36.4 Å². The third kappa shape index (κ3) is 6.11. The van der Waals surface area contributed by atoms with Crippen molar-refractivity contribution in [1.29, 1.82) is 5.26 Å². The van der Waals surface area contributed by atoms with Gasteiger partial charge in [-0.3, -0.25) is 9.52 Å². The summed E-state index contributed by atoms with van der Waals surface area (Å²) in [5, 5.41) is 17.5. The molecule has 3 aromatic rings. The van der Waals surface area contributed by atoms with E-state index in [1.165, 1.54) is 12.8 Å². The molecule has 6 rings (SSSR count). The molecule has 3 fully saturated rings. The standard InChI is InChI=1S/C30H35F2N7O3S/c1-2-43(41,42)36-22-3-5-23(26(20-22)37-14-9-29(7-8-29)10-15-37)28(40)34-21-4-6-25-24(19-21)27(35-39(25)18-13-33)38-16-11-30(31,32)12-17-38/h3-6,19-20,36H,2,7-12,14-18H2,1H3,(H,34,40). The Bertz CT molecular complexity index is 1690. The van der Waals surface area contributed by atoms with Crippen molar-refractivity contribution in [2.24, 2.45) is 5.41 Å². The molecule has 228 valence electrons. The fraction of sp³-hybridized carbons (Fsp3) is 0.500. The van der Waals surface area contributed by atoms with E-state index >= 15 is 0 Å². The summed E-state index contributed by atoms with van der Waals surface area (Å²) in [6, 6.07) is 12.3. The van der Waals surface area contributed by atoms with Crippen molar-refractivity contribution in [2.75, 3.05) is 51.8 Å². The molecule has 43 heavy (non-hydrogen) atoms. The van der Waals surface area contributed by atoms with Crippen molar-refractivity contribution in [3.8, 4) is 6.07 Å². The van der Waals surface area contributed by atoms with Gasteiger partial charge < -0.3 is 15.1 Å². The minimum atomic E-state index is -3.50. The molecule has 2 aliphatic heterocycles. The maximum Gasteiger partial charge on any atom is 0.257 e. The monoisotopic (exact) mass is 611 g/mol. The van der Waals surface area contributed by atoms with E-state index < -0.39 is 15.9 Å². The van der Waals surface area contributed by atoms with E-state index in [1.54, 1.807) is 52.9 Å². The lowest BCUT2D eigenvalue weighted by molar-refractivity contribution is -0.0221. The molecular weight excluding hydrogens is 576 g/mol. The van der Waals surface area contributed by atoms with Crippen molar-refractivity contribution in [3.05, 3.63) is 42.0 Å². The first kappa shape index (κ1) is 29.2. The van der Waals surface area contributed by atoms with Crippen LogP contribution in [0.4, 0.5) is 31.7 Å². The van der Waals surface area contributed by atoms with Gasteiger partial charge in [0.1, 0.15) is 6.54 Å². The number of benzene rings is 2. The van der Waals surface area contributed by atoms with Crippen LogP contribution in [-0.2, 0) is 16.6 Å². The second-order valence-corrected chi connectivity index (χ2v) is 13.9. The first-order chi connectivity index (χ1) is 20.5. The lowest BCUT2D eigenvalue weighted by Gasteiger charge is -2.35. The van der Waals surface area contributed by atoms with Crippen LogP contribution in [0.2, 0.25) is 0 Å². The molecule has 3 aliphatic rings. The van der Waals surface area contributed by atoms with Gasteiger partial charge in [-0.1, -0.05) is 0 Å². The molecule has 0 unspecified atom stereocenters. The molecule has 10 nitrogen and oxygen atoms in total. The van der Waals surface area contributed by atoms with Gasteiger partial charge in [-0.15, -0.1) is 0 Å². The number of aromatic nitrogens is 2. The number of carbonyl (C=O) groups is 1. The fourth-order valence-electron chi connectivity index (χ4n) is 6.10. The summed E-state index contributed by atoms with van der Waals surface area (Å²) in [6.45, 7) is 3.41. The Morgan fingerprint density at radius 3 is 2.30 bits per heavy atom. The molecule has 2 N–H and O–H groups in total. The Labute approximate surface area is 249 Å². The predicted octanol–water partition coefficient (Wildman–Crippen LogP) is 5.19. The Kier molecular flexibility index (Phi) is 7.44. The number of nitrogens with one attached hydrogen (secondary N) is 2. The largest absolute Gasteiger partial charge is 0.371 e. The van der Waals surface area contributed by atoms with E-state index in [4.69, 9.17) is 0 Å². The number of nitrogens with zero attached hydrogens (tertiary/aromatic N) is 5. The number of alkyl halides is 2. The number of carbonyl (C=O) groups excluding carboxylic acids is 1. The molecule has 13 heteroatoms. The third-order valence-corrected chi connectivity index (χ3v) is 10.3. The molecule has 1 amide bonds. The van der Waals surface area contributed by atoms with Crippen LogP contribution in [0.5, 0.6) is 0 Å². The molecule has 2 aromatic carbocycles. The minimum Gasteiger partial charge on any atom is -0.371 e. The summed E-state index contributed by atoms with van der Waals surface area (Å²) >= 11 is 0. The Balaban J connectivity index is 1.30. The van der Waals surface area contributed by atoms with Gasteiger partial charge in [0.15, 0.2) is 5.82 Å². The zero-order chi connectivity index (χ0) is 30.4. The highest BCUT2D eigenvalue weighted by Gasteiger charge is 2.44. The van der Waals surface area contributed by atoms with E-state index in [9.17, 15) is 27.3 Å². The SMILES string of the molecule is CCS(=O)(=O)Nc1ccc(C(=O)Nc2ccc3c(c2)c(N2CCC(F)(F)CC2)nn3CC#N)c(N2CCC3(CC2)CC3)c1. The normalized spacial score (nSPS) is 19.3. The second-order valence-electron chi connectivity index (χ2n) is 11.9. The maximum atomic E-state index is 13.9. The van der Waals surface area contributed by atoms with E-state index in [2.05, 4.69) is 26.1 Å². The van der Waals surface area contributed by atoms with Crippen LogP contribution in [0.3, 0.4) is 0 Å².